The van der Waals surface area contributed by atoms with Crippen LogP contribution in [0.1, 0.15) is 29.6 Å². The summed E-state index contributed by atoms with van der Waals surface area (Å²) in [5.74, 6) is 0.948. The van der Waals surface area contributed by atoms with Crippen LogP contribution in [0.2, 0.25) is 0 Å². The van der Waals surface area contributed by atoms with Crippen molar-refractivity contribution in [1.82, 2.24) is 14.3 Å². The first-order valence-electron chi connectivity index (χ1n) is 7.56. The Morgan fingerprint density at radius 1 is 1.32 bits per heavy atom. The molecule has 0 N–H and O–H groups in total. The van der Waals surface area contributed by atoms with Gasteiger partial charge in [0.2, 0.25) is 5.13 Å². The van der Waals surface area contributed by atoms with E-state index in [4.69, 9.17) is 5.26 Å². The highest BCUT2D eigenvalue weighted by Gasteiger charge is 2.18. The molecule has 2 aromatic rings. The quantitative estimate of drug-likeness (QED) is 0.861. The Balaban J connectivity index is 1.58. The minimum atomic E-state index is 0.775. The lowest BCUT2D eigenvalue weighted by Gasteiger charge is -2.20. The Bertz CT molecular complexity index is 657. The summed E-state index contributed by atoms with van der Waals surface area (Å²) in [4.78, 5) is 10.7. The molecule has 0 bridgehead atoms. The van der Waals surface area contributed by atoms with Gasteiger partial charge in [-0.05, 0) is 12.5 Å². The third-order valence-electron chi connectivity index (χ3n) is 3.79. The maximum Gasteiger partial charge on any atom is 0.205 e. The molecule has 1 saturated heterocycles. The van der Waals surface area contributed by atoms with Crippen LogP contribution in [0, 0.1) is 11.3 Å². The molecule has 3 heterocycles. The summed E-state index contributed by atoms with van der Waals surface area (Å²) in [5, 5.41) is 11.9. The number of nitriles is 1. The number of thiophene rings is 1. The molecule has 0 radical (unpaired) electrons. The minimum Gasteiger partial charge on any atom is -0.346 e. The molecule has 0 aromatic carbocycles. The minimum absolute atomic E-state index is 0.775. The largest absolute Gasteiger partial charge is 0.346 e. The van der Waals surface area contributed by atoms with Crippen molar-refractivity contribution >= 4 is 28.0 Å². The van der Waals surface area contributed by atoms with Crippen molar-refractivity contribution in [1.29, 1.82) is 5.26 Å². The average Bonchev–Trinajstić information content (AvgIpc) is 3.13. The first-order chi connectivity index (χ1) is 10.8. The van der Waals surface area contributed by atoms with E-state index >= 15 is 0 Å². The fourth-order valence-electron chi connectivity index (χ4n) is 2.58. The lowest BCUT2D eigenvalue weighted by Crippen LogP contribution is -2.30. The third kappa shape index (κ3) is 3.64. The molecule has 0 aliphatic carbocycles. The van der Waals surface area contributed by atoms with E-state index in [0.29, 0.717) is 0 Å². The highest BCUT2D eigenvalue weighted by atomic mass is 32.1. The van der Waals surface area contributed by atoms with Gasteiger partial charge in [-0.2, -0.15) is 9.64 Å². The molecule has 116 valence electrons. The molecule has 3 rings (SSSR count). The van der Waals surface area contributed by atoms with Crippen molar-refractivity contribution in [2.45, 2.75) is 26.3 Å². The smallest absolute Gasteiger partial charge is 0.205 e. The summed E-state index contributed by atoms with van der Waals surface area (Å²) in [6.45, 7) is 7.19. The second kappa shape index (κ2) is 7.18. The molecule has 0 amide bonds. The van der Waals surface area contributed by atoms with E-state index < -0.39 is 0 Å². The first-order valence-corrected chi connectivity index (χ1v) is 9.21. The van der Waals surface area contributed by atoms with Gasteiger partial charge in [0.15, 0.2) is 0 Å². The Labute approximate surface area is 139 Å². The molecule has 1 aliphatic heterocycles. The van der Waals surface area contributed by atoms with Crippen LogP contribution in [0.15, 0.2) is 11.4 Å². The number of rotatable bonds is 4. The molecule has 0 atom stereocenters. The van der Waals surface area contributed by atoms with E-state index in [2.05, 4.69) is 32.2 Å². The Kier molecular flexibility index (Phi) is 5.03. The van der Waals surface area contributed by atoms with Crippen molar-refractivity contribution in [3.05, 3.63) is 27.7 Å². The second-order valence-corrected chi connectivity index (χ2v) is 7.10. The highest BCUT2D eigenvalue weighted by Crippen LogP contribution is 2.21. The zero-order chi connectivity index (χ0) is 15.4. The SMILES string of the molecule is CCc1nsc(N2CCCN(Cc3cc(C#N)cs3)CC2)n1. The lowest BCUT2D eigenvalue weighted by molar-refractivity contribution is 0.288. The fraction of sp³-hybridized carbons (Fsp3) is 0.533. The number of hydrogen-bond acceptors (Lipinski definition) is 7. The molecule has 1 fully saturated rings. The van der Waals surface area contributed by atoms with Gasteiger partial charge in [-0.1, -0.05) is 6.92 Å². The van der Waals surface area contributed by atoms with Crippen LogP contribution in [0.25, 0.3) is 0 Å². The predicted molar refractivity (Wildman–Crippen MR) is 90.4 cm³/mol. The molecule has 22 heavy (non-hydrogen) atoms. The van der Waals surface area contributed by atoms with Crippen LogP contribution in [0.5, 0.6) is 0 Å². The molecule has 2 aromatic heterocycles. The molecular weight excluding hydrogens is 314 g/mol. The summed E-state index contributed by atoms with van der Waals surface area (Å²) in [5.41, 5.74) is 0.775. The van der Waals surface area contributed by atoms with Gasteiger partial charge >= 0.3 is 0 Å². The van der Waals surface area contributed by atoms with Crippen LogP contribution >= 0.6 is 22.9 Å². The number of anilines is 1. The fourth-order valence-corrected chi connectivity index (χ4v) is 4.23. The zero-order valence-corrected chi connectivity index (χ0v) is 14.3. The Morgan fingerprint density at radius 2 is 2.23 bits per heavy atom. The Morgan fingerprint density at radius 3 is 2.95 bits per heavy atom. The van der Waals surface area contributed by atoms with Gasteiger partial charge in [0, 0.05) is 60.9 Å². The highest BCUT2D eigenvalue weighted by molar-refractivity contribution is 7.10. The van der Waals surface area contributed by atoms with Crippen molar-refractivity contribution in [3.8, 4) is 6.07 Å². The van der Waals surface area contributed by atoms with E-state index in [1.807, 2.05) is 11.4 Å². The van der Waals surface area contributed by atoms with E-state index in [1.54, 1.807) is 11.3 Å². The standard InChI is InChI=1S/C15H19N5S2/c1-2-14-17-15(22-18-14)20-5-3-4-19(6-7-20)10-13-8-12(9-16)11-21-13/h8,11H,2-7,10H2,1H3. The number of aromatic nitrogens is 2. The molecule has 0 spiro atoms. The van der Waals surface area contributed by atoms with E-state index in [-0.39, 0.29) is 0 Å². The topological polar surface area (TPSA) is 56.1 Å². The van der Waals surface area contributed by atoms with E-state index in [0.717, 1.165) is 62.1 Å². The molecular formula is C15H19N5S2. The number of hydrogen-bond donors (Lipinski definition) is 0. The van der Waals surface area contributed by atoms with Gasteiger partial charge in [-0.25, -0.2) is 4.98 Å². The monoisotopic (exact) mass is 333 g/mol. The van der Waals surface area contributed by atoms with Crippen molar-refractivity contribution in [2.24, 2.45) is 0 Å². The van der Waals surface area contributed by atoms with Gasteiger partial charge in [0.25, 0.3) is 0 Å². The summed E-state index contributed by atoms with van der Waals surface area (Å²) in [7, 11) is 0. The molecule has 5 nitrogen and oxygen atoms in total. The summed E-state index contributed by atoms with van der Waals surface area (Å²) < 4.78 is 4.39. The molecule has 0 saturated carbocycles. The summed E-state index contributed by atoms with van der Waals surface area (Å²) in [6.07, 6.45) is 2.04. The lowest BCUT2D eigenvalue weighted by atomic mass is 10.3. The maximum absolute atomic E-state index is 8.91. The second-order valence-electron chi connectivity index (χ2n) is 5.38. The van der Waals surface area contributed by atoms with Crippen LogP contribution in [0.3, 0.4) is 0 Å². The molecule has 0 unspecified atom stereocenters. The Hall–Kier alpha value is -1.49. The van der Waals surface area contributed by atoms with E-state index in [9.17, 15) is 0 Å². The van der Waals surface area contributed by atoms with Crippen LogP contribution in [-0.4, -0.2) is 40.4 Å². The summed E-state index contributed by atoms with van der Waals surface area (Å²) >= 11 is 3.19. The summed E-state index contributed by atoms with van der Waals surface area (Å²) in [6, 6.07) is 4.21. The van der Waals surface area contributed by atoms with Crippen molar-refractivity contribution < 1.29 is 0 Å². The van der Waals surface area contributed by atoms with Gasteiger partial charge in [0.05, 0.1) is 5.56 Å². The van der Waals surface area contributed by atoms with Gasteiger partial charge in [-0.15, -0.1) is 11.3 Å². The average molecular weight is 333 g/mol. The predicted octanol–water partition coefficient (Wildman–Crippen LogP) is 2.75. The van der Waals surface area contributed by atoms with Crippen molar-refractivity contribution in [2.75, 3.05) is 31.1 Å². The number of aryl methyl sites for hydroxylation is 1. The zero-order valence-electron chi connectivity index (χ0n) is 12.7. The van der Waals surface area contributed by atoms with Crippen LogP contribution < -0.4 is 4.90 Å². The number of nitrogens with zero attached hydrogens (tertiary/aromatic N) is 5. The van der Waals surface area contributed by atoms with Gasteiger partial charge < -0.3 is 4.90 Å². The van der Waals surface area contributed by atoms with Crippen LogP contribution in [-0.2, 0) is 13.0 Å². The first kappa shape index (κ1) is 15.4. The normalized spacial score (nSPS) is 16.5. The molecule has 7 heteroatoms. The van der Waals surface area contributed by atoms with Crippen LogP contribution in [0.4, 0.5) is 5.13 Å². The van der Waals surface area contributed by atoms with Gasteiger partial charge in [-0.3, -0.25) is 4.90 Å². The maximum atomic E-state index is 8.91. The third-order valence-corrected chi connectivity index (χ3v) is 5.53. The van der Waals surface area contributed by atoms with Crippen molar-refractivity contribution in [3.63, 3.8) is 0 Å². The van der Waals surface area contributed by atoms with Gasteiger partial charge in [0.1, 0.15) is 11.9 Å². The van der Waals surface area contributed by atoms with E-state index in [1.165, 1.54) is 16.4 Å². The molecule has 1 aliphatic rings.